The van der Waals surface area contributed by atoms with Crippen LogP contribution in [0.5, 0.6) is 0 Å². The average Bonchev–Trinajstić information content (AvgIpc) is 1.50. The van der Waals surface area contributed by atoms with E-state index in [-0.39, 0.29) is 101 Å². The second kappa shape index (κ2) is 35.8. The van der Waals surface area contributed by atoms with Gasteiger partial charge in [0.05, 0.1) is 80.9 Å². The highest BCUT2D eigenvalue weighted by molar-refractivity contribution is 8.14. The molecule has 9 heterocycles. The van der Waals surface area contributed by atoms with Crippen molar-refractivity contribution in [2.75, 3.05) is 5.75 Å². The Morgan fingerprint density at radius 2 is 1.47 bits per heavy atom. The molecule has 0 radical (unpaired) electrons. The zero-order chi connectivity index (χ0) is 83.4. The number of aliphatic hydroxyl groups is 5. The second-order valence-corrected chi connectivity index (χ2v) is 33.3. The van der Waals surface area contributed by atoms with Gasteiger partial charge in [-0.25, -0.2) is 29.7 Å². The number of primary amides is 1. The highest BCUT2D eigenvalue weighted by Crippen LogP contribution is 2.48. The summed E-state index contributed by atoms with van der Waals surface area (Å²) >= 11 is 4.61. The van der Waals surface area contributed by atoms with Gasteiger partial charge in [-0.3, -0.25) is 68.0 Å². The van der Waals surface area contributed by atoms with Gasteiger partial charge in [0.25, 0.3) is 29.5 Å². The van der Waals surface area contributed by atoms with Gasteiger partial charge >= 0.3 is 5.97 Å². The van der Waals surface area contributed by atoms with E-state index in [4.69, 9.17) is 25.4 Å². The molecule has 0 saturated carbocycles. The van der Waals surface area contributed by atoms with E-state index in [9.17, 15) is 68.7 Å². The molecule has 8 amide bonds. The number of aliphatic hydroxyl groups excluding tert-OH is 4. The molecule has 0 saturated heterocycles. The molecule has 0 fully saturated rings. The molecule has 17 atom stereocenters. The van der Waals surface area contributed by atoms with Crippen molar-refractivity contribution in [3.63, 3.8) is 0 Å². The predicted molar refractivity (Wildman–Crippen MR) is 422 cm³/mol. The summed E-state index contributed by atoms with van der Waals surface area (Å²) in [7, 11) is 0. The maximum absolute atomic E-state index is 15.5. The molecular formula is C75H88N16O18S5. The van der Waals surface area contributed by atoms with Crippen LogP contribution in [-0.2, 0) is 48.6 Å². The number of nitrogens with zero attached hydrogens (tertiary/aromatic N) is 7. The van der Waals surface area contributed by atoms with E-state index in [1.54, 1.807) is 26.0 Å². The molecule has 34 nitrogen and oxygen atoms in total. The van der Waals surface area contributed by atoms with Crippen LogP contribution >= 0.6 is 57.1 Å². The van der Waals surface area contributed by atoms with Gasteiger partial charge in [-0.1, -0.05) is 72.1 Å². The van der Waals surface area contributed by atoms with Gasteiger partial charge in [0.15, 0.2) is 17.3 Å². The summed E-state index contributed by atoms with van der Waals surface area (Å²) in [6.07, 6.45) is -4.25. The largest absolute Gasteiger partial charge is 0.455 e. The number of Topliss-reactive ketones (excluding diaryl/α,β-unsaturated/α-hetero) is 3. The van der Waals surface area contributed by atoms with Crippen molar-refractivity contribution in [3.05, 3.63) is 148 Å². The standard InChI is InChI=1S/C75H88N16O18S5/c1-14-29(3)54-53(97)21-30(4)61(100)77-32(6)51(95)20-31(5)62(101)91-75-19-18-44(70-87-48(27-112-70)64(103)79-34(8)63(102)78-33(7)60(76)99)82-59(75)47-25-113-71(85-47)56(37(11)109-72(107)45-22-40(35(9)92)39-16-17-43(80-54)58(98)57(39)81-45)90-65(104)49-26-110-68(86-49)41(74(13,108)38(12)94)23-52(96)46-24-111-69(84-46)42(15-2)83-67(106)55(36(10)93)89-66(105)50-28-114-73(75)88-50/h15-17,22,25-31,35-38,41,43,46,54-56,58-59,80,92-94,98,108H,6-8,14,18-21,23-24H2,1-5,9-13H3,(H2,76,99)(H,77,100)(H,78,102)(H,79,103)(H,83,106)(H,89,105)(H,90,104)(H,91,101)/b42-15-/t29-,30+,31+,35-,36+,37+,38+,41+,43?,46?,54-,55-,56-,58-,59+,74+,75+/m0/s1. The Hall–Kier alpha value is -9.94. The molecule has 15 N–H and O–H groups in total. The molecule has 39 heteroatoms. The van der Waals surface area contributed by atoms with Gasteiger partial charge in [-0.2, -0.15) is 0 Å². The summed E-state index contributed by atoms with van der Waals surface area (Å²) in [5, 5.41) is 85.3. The zero-order valence-corrected chi connectivity index (χ0v) is 67.7. The quantitative estimate of drug-likeness (QED) is 0.0623. The van der Waals surface area contributed by atoms with Crippen LogP contribution in [0.4, 0.5) is 0 Å². The number of nitrogens with one attached hydrogen (secondary N) is 8. The van der Waals surface area contributed by atoms with Crippen molar-refractivity contribution in [2.24, 2.45) is 33.5 Å². The number of aromatic nitrogens is 5. The first-order valence-corrected chi connectivity index (χ1v) is 40.8. The van der Waals surface area contributed by atoms with Crippen molar-refractivity contribution in [3.8, 4) is 0 Å². The number of amides is 8. The van der Waals surface area contributed by atoms with Crippen LogP contribution in [0.1, 0.15) is 222 Å². The Labute approximate surface area is 674 Å². The van der Waals surface area contributed by atoms with Crippen molar-refractivity contribution >= 4 is 145 Å². The summed E-state index contributed by atoms with van der Waals surface area (Å²) in [5.74, 6) is -14.5. The minimum absolute atomic E-state index is 0.0210. The van der Waals surface area contributed by atoms with Crippen LogP contribution in [0.15, 0.2) is 92.2 Å². The Morgan fingerprint density at radius 1 is 0.789 bits per heavy atom. The van der Waals surface area contributed by atoms with Crippen LogP contribution in [0.3, 0.4) is 0 Å². The van der Waals surface area contributed by atoms with E-state index in [0.717, 1.165) is 57.1 Å². The minimum Gasteiger partial charge on any atom is -0.455 e. The van der Waals surface area contributed by atoms with Crippen LogP contribution in [0.2, 0.25) is 0 Å². The number of hydrogen-bond donors (Lipinski definition) is 14. The molecule has 0 aromatic carbocycles. The van der Waals surface area contributed by atoms with E-state index < -0.39 is 208 Å². The Balaban J connectivity index is 1.18. The van der Waals surface area contributed by atoms with Crippen LogP contribution in [0, 0.1) is 17.8 Å². The number of thioether (sulfide) groups is 1. The summed E-state index contributed by atoms with van der Waals surface area (Å²) in [6, 6.07) is -6.67. The van der Waals surface area contributed by atoms with E-state index in [1.807, 2.05) is 6.92 Å². The summed E-state index contributed by atoms with van der Waals surface area (Å²) in [5.41, 5.74) is -1.15. The Kier molecular flexibility index (Phi) is 27.2. The molecule has 10 rings (SSSR count). The molecule has 114 heavy (non-hydrogen) atoms. The van der Waals surface area contributed by atoms with Crippen LogP contribution in [0.25, 0.3) is 6.08 Å². The van der Waals surface area contributed by atoms with Gasteiger partial charge in [0.1, 0.15) is 84.8 Å². The SMILES string of the molecule is C=C(NC(=O)C(=C)NC(=O)c1csc(C2=N[C@@H]3c4csc(n4)[C@H]4NC(=O)c5csc(n5)[C@H]([C@](C)(O)[C@@H](C)O)CC(=O)C5CSC(=N5)/C(=C/C)NC(=O)[C@H]([C@@H](C)O)NC(=O)c5csc(n5)[C@]3(CC2)NC(=O)[C@H](C)CC(=O)C(=C)NC(=O)[C@H](C)CC(=O)[C@H]([C@@H](C)CC)NC2C=Cc3c([C@H](C)O)cc(nc3[C@H]2O)C(=O)O[C@@H]4C)n1)C(N)=O. The number of aliphatic imine (C=N–C) groups is 2. The number of cyclic esters (lactones) is 1. The van der Waals surface area contributed by atoms with E-state index >= 15 is 14.4 Å². The topological polar surface area (TPSA) is 527 Å². The lowest BCUT2D eigenvalue weighted by Crippen LogP contribution is -2.54. The van der Waals surface area contributed by atoms with Gasteiger partial charge in [0.2, 0.25) is 17.7 Å². The fourth-order valence-corrected chi connectivity index (χ4v) is 18.0. The smallest absolute Gasteiger partial charge is 0.357 e. The molecule has 2 unspecified atom stereocenters. The number of esters is 1. The predicted octanol–water partition coefficient (Wildman–Crippen LogP) is 3.84. The second-order valence-electron chi connectivity index (χ2n) is 28.8. The summed E-state index contributed by atoms with van der Waals surface area (Å²) in [4.78, 5) is 204. The number of hydrogen-bond acceptors (Lipinski definition) is 31. The van der Waals surface area contributed by atoms with E-state index in [0.29, 0.717) is 6.42 Å². The molecule has 13 bridgehead atoms. The number of carbonyl (C=O) groups is 12. The number of nitrogens with two attached hydrogens (primary N) is 1. The number of thiazole rings is 4. The Morgan fingerprint density at radius 3 is 2.15 bits per heavy atom. The van der Waals surface area contributed by atoms with Crippen molar-refractivity contribution < 1.29 is 87.8 Å². The highest BCUT2D eigenvalue weighted by atomic mass is 32.2. The number of pyridine rings is 1. The van der Waals surface area contributed by atoms with E-state index in [2.05, 4.69) is 82.2 Å². The van der Waals surface area contributed by atoms with E-state index in [1.165, 1.54) is 82.1 Å². The van der Waals surface area contributed by atoms with Gasteiger partial charge < -0.3 is 73.2 Å². The number of rotatable bonds is 12. The third-order valence-corrected chi connectivity index (χ3v) is 25.3. The summed E-state index contributed by atoms with van der Waals surface area (Å²) < 4.78 is 6.29. The van der Waals surface area contributed by atoms with Gasteiger partial charge in [0, 0.05) is 69.9 Å². The number of allylic oxidation sites excluding steroid dienone is 2. The first-order chi connectivity index (χ1) is 53.7. The fourth-order valence-electron chi connectivity index (χ4n) is 13.0. The molecule has 5 aromatic rings. The molecule has 606 valence electrons. The third kappa shape index (κ3) is 18.9. The maximum atomic E-state index is 15.5. The first kappa shape index (κ1) is 86.5. The zero-order valence-electron chi connectivity index (χ0n) is 63.6. The number of fused-ring (bicyclic) bond motifs is 7. The maximum Gasteiger partial charge on any atom is 0.357 e. The number of ether oxygens (including phenoxy) is 1. The Bertz CT molecular complexity index is 4880. The monoisotopic (exact) mass is 1660 g/mol. The highest BCUT2D eigenvalue weighted by Gasteiger charge is 2.51. The normalized spacial score (nSPS) is 27.1. The van der Waals surface area contributed by atoms with Crippen LogP contribution < -0.4 is 48.3 Å². The third-order valence-electron chi connectivity index (χ3n) is 20.4. The molecule has 1 aliphatic carbocycles. The van der Waals surface area contributed by atoms with Crippen molar-refractivity contribution in [1.29, 1.82) is 0 Å². The molecule has 5 aliphatic rings. The summed E-state index contributed by atoms with van der Waals surface area (Å²) in [6.45, 7) is 25.6. The molecule has 4 aliphatic heterocycles. The number of carbonyl (C=O) groups excluding carboxylic acids is 12. The lowest BCUT2D eigenvalue weighted by molar-refractivity contribution is -0.131. The molecular weight excluding hydrogens is 1570 g/mol. The van der Waals surface area contributed by atoms with Gasteiger partial charge in [-0.15, -0.1) is 57.1 Å². The fraction of sp³-hybridized carbons (Fsp3) is 0.453. The van der Waals surface area contributed by atoms with Crippen LogP contribution in [-0.4, -0.2) is 186 Å². The minimum atomic E-state index is -2.09. The lowest BCUT2D eigenvalue weighted by atomic mass is 9.80. The van der Waals surface area contributed by atoms with Gasteiger partial charge in [-0.05, 0) is 71.9 Å². The van der Waals surface area contributed by atoms with Crippen molar-refractivity contribution in [2.45, 2.75) is 192 Å². The number of ketones is 3. The average molecular weight is 1660 g/mol. The van der Waals surface area contributed by atoms with Crippen molar-refractivity contribution in [1.82, 2.24) is 67.5 Å². The molecule has 0 spiro atoms. The lowest BCUT2D eigenvalue weighted by Gasteiger charge is -2.41. The molecule has 5 aromatic heterocycles. The first-order valence-electron chi connectivity index (χ1n) is 36.3.